The molecule has 0 radical (unpaired) electrons. The first-order valence-electron chi connectivity index (χ1n) is 11.2. The van der Waals surface area contributed by atoms with Crippen LogP contribution in [0.1, 0.15) is 44.7 Å². The topological polar surface area (TPSA) is 52.1 Å². The highest BCUT2D eigenvalue weighted by Crippen LogP contribution is 2.09. The van der Waals surface area contributed by atoms with Gasteiger partial charge < -0.3 is 20.3 Å². The summed E-state index contributed by atoms with van der Waals surface area (Å²) in [5.41, 5.74) is 2.63. The van der Waals surface area contributed by atoms with Gasteiger partial charge in [0.05, 0.1) is 13.2 Å². The van der Waals surface area contributed by atoms with E-state index in [-0.39, 0.29) is 0 Å². The summed E-state index contributed by atoms with van der Waals surface area (Å²) in [6.45, 7) is 15.7. The van der Waals surface area contributed by atoms with Gasteiger partial charge in [-0.2, -0.15) is 0 Å². The molecule has 1 atom stereocenters. The molecule has 1 aliphatic rings. The summed E-state index contributed by atoms with van der Waals surface area (Å²) in [4.78, 5) is 9.30. The summed E-state index contributed by atoms with van der Waals surface area (Å²) in [5.74, 6) is 0.873. The van der Waals surface area contributed by atoms with Crippen LogP contribution in [0.3, 0.4) is 0 Å². The Kier molecular flexibility index (Phi) is 11.1. The largest absolute Gasteiger partial charge is 0.379 e. The minimum atomic E-state index is 0.410. The summed E-state index contributed by atoms with van der Waals surface area (Å²) in [7, 11) is 1.84. The van der Waals surface area contributed by atoms with Crippen molar-refractivity contribution in [1.29, 1.82) is 0 Å². The number of aliphatic imine (C=N–C) groups is 1. The predicted octanol–water partition coefficient (Wildman–Crippen LogP) is 2.69. The number of hydrogen-bond acceptors (Lipinski definition) is 4. The minimum absolute atomic E-state index is 0.410. The Balaban J connectivity index is 1.69. The fourth-order valence-electron chi connectivity index (χ4n) is 3.63. The summed E-state index contributed by atoms with van der Waals surface area (Å²) < 4.78 is 5.42. The van der Waals surface area contributed by atoms with Crippen molar-refractivity contribution in [2.45, 2.75) is 52.7 Å². The highest BCUT2D eigenvalue weighted by atomic mass is 16.5. The number of ether oxygens (including phenoxy) is 1. The van der Waals surface area contributed by atoms with E-state index < -0.39 is 0 Å². The molecule has 1 heterocycles. The third-order valence-corrected chi connectivity index (χ3v) is 5.61. The Morgan fingerprint density at radius 2 is 1.79 bits per heavy atom. The Bertz CT molecular complexity index is 579. The summed E-state index contributed by atoms with van der Waals surface area (Å²) >= 11 is 0. The van der Waals surface area contributed by atoms with Crippen molar-refractivity contribution in [2.75, 3.05) is 53.0 Å². The predicted molar refractivity (Wildman–Crippen MR) is 122 cm³/mol. The first kappa shape index (κ1) is 23.6. The van der Waals surface area contributed by atoms with E-state index in [9.17, 15) is 0 Å². The van der Waals surface area contributed by atoms with Gasteiger partial charge in [-0.25, -0.2) is 0 Å². The van der Waals surface area contributed by atoms with E-state index in [4.69, 9.17) is 4.74 Å². The maximum absolute atomic E-state index is 5.42. The van der Waals surface area contributed by atoms with Gasteiger partial charge in [0, 0.05) is 39.3 Å². The van der Waals surface area contributed by atoms with Crippen molar-refractivity contribution in [1.82, 2.24) is 20.4 Å². The van der Waals surface area contributed by atoms with Gasteiger partial charge in [0.15, 0.2) is 5.96 Å². The molecular formula is C23H41N5O. The van der Waals surface area contributed by atoms with Crippen LogP contribution in [0, 0.1) is 0 Å². The van der Waals surface area contributed by atoms with Crippen LogP contribution in [0.2, 0.25) is 0 Å². The highest BCUT2D eigenvalue weighted by Gasteiger charge is 2.11. The van der Waals surface area contributed by atoms with Crippen molar-refractivity contribution in [3.05, 3.63) is 35.4 Å². The van der Waals surface area contributed by atoms with E-state index >= 15 is 0 Å². The lowest BCUT2D eigenvalue weighted by molar-refractivity contribution is 0.0342. The summed E-state index contributed by atoms with van der Waals surface area (Å²) in [6, 6.07) is 9.30. The van der Waals surface area contributed by atoms with Crippen molar-refractivity contribution in [2.24, 2.45) is 4.99 Å². The van der Waals surface area contributed by atoms with Gasteiger partial charge in [0.2, 0.25) is 0 Å². The van der Waals surface area contributed by atoms with E-state index in [0.717, 1.165) is 64.9 Å². The average Bonchev–Trinajstić information content (AvgIpc) is 2.76. The number of rotatable bonds is 11. The molecule has 0 spiro atoms. The van der Waals surface area contributed by atoms with Gasteiger partial charge >= 0.3 is 0 Å². The van der Waals surface area contributed by atoms with Crippen LogP contribution in [-0.4, -0.2) is 74.8 Å². The SMILES string of the molecule is CCN(CC)CCCC(C)NC(=NC)NCc1ccc(CN2CCOCC2)cc1. The molecule has 1 fully saturated rings. The molecular weight excluding hydrogens is 362 g/mol. The molecule has 2 rings (SSSR count). The van der Waals surface area contributed by atoms with E-state index in [1.165, 1.54) is 24.1 Å². The molecule has 0 aliphatic carbocycles. The highest BCUT2D eigenvalue weighted by molar-refractivity contribution is 5.79. The van der Waals surface area contributed by atoms with Gasteiger partial charge in [-0.3, -0.25) is 9.89 Å². The van der Waals surface area contributed by atoms with E-state index in [1.54, 1.807) is 0 Å². The van der Waals surface area contributed by atoms with Gasteiger partial charge in [-0.1, -0.05) is 38.1 Å². The standard InChI is InChI=1S/C23H41N5O/c1-5-27(6-2)13-7-8-20(3)26-23(24-4)25-18-21-9-11-22(12-10-21)19-28-14-16-29-17-15-28/h9-12,20H,5-8,13-19H2,1-4H3,(H2,24,25,26). The number of nitrogens with zero attached hydrogens (tertiary/aromatic N) is 3. The molecule has 0 amide bonds. The molecule has 0 saturated carbocycles. The van der Waals surface area contributed by atoms with E-state index in [0.29, 0.717) is 6.04 Å². The van der Waals surface area contributed by atoms with Gasteiger partial charge in [0.1, 0.15) is 0 Å². The number of morpholine rings is 1. The quantitative estimate of drug-likeness (QED) is 0.439. The second-order valence-corrected chi connectivity index (χ2v) is 7.85. The molecule has 2 N–H and O–H groups in total. The third kappa shape index (κ3) is 9.15. The van der Waals surface area contributed by atoms with Gasteiger partial charge in [-0.05, 0) is 50.5 Å². The van der Waals surface area contributed by atoms with Crippen LogP contribution in [0.5, 0.6) is 0 Å². The molecule has 1 aliphatic heterocycles. The molecule has 29 heavy (non-hydrogen) atoms. The zero-order valence-electron chi connectivity index (χ0n) is 18.9. The summed E-state index contributed by atoms with van der Waals surface area (Å²) in [6.07, 6.45) is 2.35. The molecule has 0 aromatic heterocycles. The molecule has 6 nitrogen and oxygen atoms in total. The van der Waals surface area contributed by atoms with Crippen LogP contribution in [0.15, 0.2) is 29.3 Å². The monoisotopic (exact) mass is 403 g/mol. The first-order valence-corrected chi connectivity index (χ1v) is 11.2. The summed E-state index contributed by atoms with van der Waals surface area (Å²) in [5, 5.41) is 6.95. The molecule has 1 aromatic rings. The van der Waals surface area contributed by atoms with Crippen LogP contribution in [0.25, 0.3) is 0 Å². The maximum Gasteiger partial charge on any atom is 0.191 e. The second kappa shape index (κ2) is 13.6. The van der Waals surface area contributed by atoms with Gasteiger partial charge in [-0.15, -0.1) is 0 Å². The number of guanidine groups is 1. The van der Waals surface area contributed by atoms with Crippen molar-refractivity contribution in [3.8, 4) is 0 Å². The Labute approximate surface area is 177 Å². The molecule has 1 unspecified atom stereocenters. The number of benzene rings is 1. The average molecular weight is 404 g/mol. The van der Waals surface area contributed by atoms with Crippen LogP contribution in [-0.2, 0) is 17.8 Å². The fourth-order valence-corrected chi connectivity index (χ4v) is 3.63. The first-order chi connectivity index (χ1) is 14.1. The molecule has 1 aromatic carbocycles. The van der Waals surface area contributed by atoms with Crippen LogP contribution < -0.4 is 10.6 Å². The fraction of sp³-hybridized carbons (Fsp3) is 0.696. The minimum Gasteiger partial charge on any atom is -0.379 e. The zero-order valence-corrected chi connectivity index (χ0v) is 18.9. The lowest BCUT2D eigenvalue weighted by Crippen LogP contribution is -2.42. The third-order valence-electron chi connectivity index (χ3n) is 5.61. The Hall–Kier alpha value is -1.63. The zero-order chi connectivity index (χ0) is 20.9. The van der Waals surface area contributed by atoms with Crippen LogP contribution >= 0.6 is 0 Å². The van der Waals surface area contributed by atoms with Crippen molar-refractivity contribution in [3.63, 3.8) is 0 Å². The lowest BCUT2D eigenvalue weighted by atomic mass is 10.1. The number of nitrogens with one attached hydrogen (secondary N) is 2. The van der Waals surface area contributed by atoms with E-state index in [1.807, 2.05) is 7.05 Å². The molecule has 164 valence electrons. The Morgan fingerprint density at radius 3 is 2.41 bits per heavy atom. The molecule has 0 bridgehead atoms. The van der Waals surface area contributed by atoms with Crippen molar-refractivity contribution >= 4 is 5.96 Å². The van der Waals surface area contributed by atoms with E-state index in [2.05, 4.69) is 70.5 Å². The Morgan fingerprint density at radius 1 is 1.14 bits per heavy atom. The van der Waals surface area contributed by atoms with Gasteiger partial charge in [0.25, 0.3) is 0 Å². The molecule has 6 heteroatoms. The van der Waals surface area contributed by atoms with Crippen LogP contribution in [0.4, 0.5) is 0 Å². The second-order valence-electron chi connectivity index (χ2n) is 7.85. The maximum atomic E-state index is 5.42. The smallest absolute Gasteiger partial charge is 0.191 e. The lowest BCUT2D eigenvalue weighted by Gasteiger charge is -2.26. The number of hydrogen-bond donors (Lipinski definition) is 2. The normalized spacial score (nSPS) is 16.8. The molecule has 1 saturated heterocycles. The van der Waals surface area contributed by atoms with Crippen molar-refractivity contribution < 1.29 is 4.74 Å².